The predicted octanol–water partition coefficient (Wildman–Crippen LogP) is 2.40. The molecule has 1 fully saturated rings. The number of amides is 2. The number of hydrazone groups is 1. The van der Waals surface area contributed by atoms with Gasteiger partial charge in [-0.1, -0.05) is 6.42 Å². The Morgan fingerprint density at radius 1 is 1.26 bits per heavy atom. The number of primary amides is 1. The lowest BCUT2D eigenvalue weighted by atomic mass is 9.98. The highest BCUT2D eigenvalue weighted by atomic mass is 16.5. The number of nitrogens with two attached hydrogens (primary N) is 1. The number of carbonyl (C=O) groups excluding carboxylic acids is 1. The van der Waals surface area contributed by atoms with Gasteiger partial charge in [-0.3, -0.25) is 0 Å². The smallest absolute Gasteiger partial charge is 0.332 e. The summed E-state index contributed by atoms with van der Waals surface area (Å²) in [5, 5.41) is 3.70. The van der Waals surface area contributed by atoms with Crippen LogP contribution in [0.5, 0.6) is 5.75 Å². The van der Waals surface area contributed by atoms with Crippen LogP contribution in [0.1, 0.15) is 37.7 Å². The predicted molar refractivity (Wildman–Crippen MR) is 74.3 cm³/mol. The number of nitrogens with zero attached hydrogens (tertiary/aromatic N) is 1. The van der Waals surface area contributed by atoms with Crippen molar-refractivity contribution in [2.45, 2.75) is 38.2 Å². The van der Waals surface area contributed by atoms with E-state index in [2.05, 4.69) is 10.5 Å². The highest BCUT2D eigenvalue weighted by molar-refractivity contribution is 5.81. The summed E-state index contributed by atoms with van der Waals surface area (Å²) >= 11 is 0. The maximum atomic E-state index is 10.4. The first-order valence-corrected chi connectivity index (χ1v) is 6.59. The van der Waals surface area contributed by atoms with Crippen LogP contribution in [0.4, 0.5) is 4.79 Å². The maximum Gasteiger partial charge on any atom is 0.332 e. The standard InChI is InChI=1S/C14H19N3O2/c15-14(18)17-16-10-11-6-8-13(9-7-11)19-12-4-2-1-3-5-12/h6-10,12H,1-5H2,(H3,15,17,18). The zero-order chi connectivity index (χ0) is 13.5. The molecular weight excluding hydrogens is 242 g/mol. The summed E-state index contributed by atoms with van der Waals surface area (Å²) in [4.78, 5) is 10.4. The van der Waals surface area contributed by atoms with E-state index in [4.69, 9.17) is 10.5 Å². The molecule has 0 aliphatic heterocycles. The molecule has 19 heavy (non-hydrogen) atoms. The van der Waals surface area contributed by atoms with Gasteiger partial charge < -0.3 is 10.5 Å². The summed E-state index contributed by atoms with van der Waals surface area (Å²) in [6.45, 7) is 0. The van der Waals surface area contributed by atoms with E-state index in [9.17, 15) is 4.79 Å². The van der Waals surface area contributed by atoms with Crippen LogP contribution in [0.3, 0.4) is 0 Å². The molecule has 5 nitrogen and oxygen atoms in total. The van der Waals surface area contributed by atoms with E-state index < -0.39 is 6.03 Å². The molecular formula is C14H19N3O2. The van der Waals surface area contributed by atoms with Crippen molar-refractivity contribution >= 4 is 12.2 Å². The van der Waals surface area contributed by atoms with E-state index in [1.807, 2.05) is 24.3 Å². The lowest BCUT2D eigenvalue weighted by molar-refractivity contribution is 0.155. The Kier molecular flexibility index (Phi) is 4.78. The van der Waals surface area contributed by atoms with Gasteiger partial charge >= 0.3 is 6.03 Å². The molecule has 0 heterocycles. The maximum absolute atomic E-state index is 10.4. The number of hydrogen-bond acceptors (Lipinski definition) is 3. The molecule has 1 aliphatic carbocycles. The summed E-state index contributed by atoms with van der Waals surface area (Å²) in [6, 6.07) is 6.95. The van der Waals surface area contributed by atoms with E-state index in [0.717, 1.165) is 24.2 Å². The Labute approximate surface area is 112 Å². The van der Waals surface area contributed by atoms with E-state index in [-0.39, 0.29) is 0 Å². The second-order valence-electron chi connectivity index (χ2n) is 4.68. The monoisotopic (exact) mass is 261 g/mol. The Bertz CT molecular complexity index is 437. The van der Waals surface area contributed by atoms with E-state index >= 15 is 0 Å². The first kappa shape index (κ1) is 13.4. The van der Waals surface area contributed by atoms with Gasteiger partial charge in [-0.2, -0.15) is 5.10 Å². The molecule has 0 spiro atoms. The van der Waals surface area contributed by atoms with Crippen LogP contribution in [0.25, 0.3) is 0 Å². The van der Waals surface area contributed by atoms with Crippen molar-refractivity contribution in [1.82, 2.24) is 5.43 Å². The molecule has 0 radical (unpaired) electrons. The van der Waals surface area contributed by atoms with Gasteiger partial charge in [0, 0.05) is 0 Å². The zero-order valence-electron chi connectivity index (χ0n) is 10.8. The fourth-order valence-electron chi connectivity index (χ4n) is 2.18. The Morgan fingerprint density at radius 3 is 2.58 bits per heavy atom. The summed E-state index contributed by atoms with van der Waals surface area (Å²) in [7, 11) is 0. The summed E-state index contributed by atoms with van der Waals surface area (Å²) in [5.41, 5.74) is 7.93. The second kappa shape index (κ2) is 6.78. The van der Waals surface area contributed by atoms with Gasteiger partial charge in [0.05, 0.1) is 12.3 Å². The van der Waals surface area contributed by atoms with Crippen molar-refractivity contribution in [3.63, 3.8) is 0 Å². The summed E-state index contributed by atoms with van der Waals surface area (Å²) in [5.74, 6) is 0.881. The van der Waals surface area contributed by atoms with Crippen molar-refractivity contribution in [2.24, 2.45) is 10.8 Å². The van der Waals surface area contributed by atoms with Gasteiger partial charge in [-0.15, -0.1) is 0 Å². The molecule has 0 unspecified atom stereocenters. The average molecular weight is 261 g/mol. The van der Waals surface area contributed by atoms with Crippen molar-refractivity contribution in [1.29, 1.82) is 0 Å². The number of benzene rings is 1. The van der Waals surface area contributed by atoms with Gasteiger partial charge in [-0.05, 0) is 55.5 Å². The third kappa shape index (κ3) is 4.62. The van der Waals surface area contributed by atoms with Gasteiger partial charge in [0.2, 0.25) is 0 Å². The number of carbonyl (C=O) groups is 1. The third-order valence-corrected chi connectivity index (χ3v) is 3.12. The molecule has 1 saturated carbocycles. The molecule has 0 aromatic heterocycles. The van der Waals surface area contributed by atoms with Gasteiger partial charge in [0.25, 0.3) is 0 Å². The lowest BCUT2D eigenvalue weighted by Gasteiger charge is -2.22. The van der Waals surface area contributed by atoms with E-state index in [1.165, 1.54) is 25.5 Å². The number of nitrogens with one attached hydrogen (secondary N) is 1. The Hall–Kier alpha value is -2.04. The number of ether oxygens (including phenoxy) is 1. The molecule has 2 rings (SSSR count). The van der Waals surface area contributed by atoms with Gasteiger partial charge in [0.15, 0.2) is 0 Å². The van der Waals surface area contributed by atoms with Crippen LogP contribution in [0, 0.1) is 0 Å². The topological polar surface area (TPSA) is 76.7 Å². The highest BCUT2D eigenvalue weighted by Gasteiger charge is 2.14. The van der Waals surface area contributed by atoms with Gasteiger partial charge in [0.1, 0.15) is 5.75 Å². The minimum atomic E-state index is -0.673. The first-order chi connectivity index (χ1) is 9.24. The molecule has 3 N–H and O–H groups in total. The van der Waals surface area contributed by atoms with Gasteiger partial charge in [-0.25, -0.2) is 10.2 Å². The fourth-order valence-corrected chi connectivity index (χ4v) is 2.18. The number of hydrogen-bond donors (Lipinski definition) is 2. The van der Waals surface area contributed by atoms with Crippen molar-refractivity contribution in [2.75, 3.05) is 0 Å². The molecule has 102 valence electrons. The van der Waals surface area contributed by atoms with Crippen LogP contribution in [-0.4, -0.2) is 18.3 Å². The Balaban J connectivity index is 1.86. The molecule has 0 atom stereocenters. The lowest BCUT2D eigenvalue weighted by Crippen LogP contribution is -2.24. The largest absolute Gasteiger partial charge is 0.490 e. The minimum Gasteiger partial charge on any atom is -0.490 e. The van der Waals surface area contributed by atoms with Crippen molar-refractivity contribution in [3.05, 3.63) is 29.8 Å². The van der Waals surface area contributed by atoms with Crippen LogP contribution in [0.2, 0.25) is 0 Å². The third-order valence-electron chi connectivity index (χ3n) is 3.12. The van der Waals surface area contributed by atoms with Crippen molar-refractivity contribution in [3.8, 4) is 5.75 Å². The van der Waals surface area contributed by atoms with Crippen molar-refractivity contribution < 1.29 is 9.53 Å². The average Bonchev–Trinajstić information content (AvgIpc) is 2.42. The molecule has 2 amide bonds. The zero-order valence-corrected chi connectivity index (χ0v) is 10.8. The first-order valence-electron chi connectivity index (χ1n) is 6.59. The normalized spacial score (nSPS) is 16.4. The second-order valence-corrected chi connectivity index (χ2v) is 4.68. The number of urea groups is 1. The molecule has 1 aromatic carbocycles. The Morgan fingerprint density at radius 2 is 1.95 bits per heavy atom. The van der Waals surface area contributed by atoms with E-state index in [1.54, 1.807) is 0 Å². The van der Waals surface area contributed by atoms with Crippen LogP contribution in [0.15, 0.2) is 29.4 Å². The summed E-state index contributed by atoms with van der Waals surface area (Å²) in [6.07, 6.45) is 8.02. The van der Waals surface area contributed by atoms with Crippen LogP contribution < -0.4 is 15.9 Å². The van der Waals surface area contributed by atoms with E-state index in [0.29, 0.717) is 6.10 Å². The summed E-state index contributed by atoms with van der Waals surface area (Å²) < 4.78 is 5.92. The molecule has 0 saturated heterocycles. The van der Waals surface area contributed by atoms with Crippen LogP contribution in [-0.2, 0) is 0 Å². The molecule has 5 heteroatoms. The molecule has 1 aromatic rings. The molecule has 0 bridgehead atoms. The quantitative estimate of drug-likeness (QED) is 0.645. The van der Waals surface area contributed by atoms with Crippen LogP contribution >= 0.6 is 0 Å². The molecule has 1 aliphatic rings. The highest BCUT2D eigenvalue weighted by Crippen LogP contribution is 2.23. The fraction of sp³-hybridized carbons (Fsp3) is 0.429. The minimum absolute atomic E-state index is 0.352. The number of rotatable bonds is 4. The SMILES string of the molecule is NC(=O)NN=Cc1ccc(OC2CCCCC2)cc1.